The number of ether oxygens (including phenoxy) is 1. The third kappa shape index (κ3) is 3.61. The highest BCUT2D eigenvalue weighted by Crippen LogP contribution is 2.26. The van der Waals surface area contributed by atoms with E-state index in [2.05, 4.69) is 15.0 Å². The minimum Gasteiger partial charge on any atom is -0.376 e. The first-order chi connectivity index (χ1) is 10.7. The van der Waals surface area contributed by atoms with E-state index in [1.807, 2.05) is 49.5 Å². The molecule has 1 heterocycles. The third-order valence-electron chi connectivity index (χ3n) is 3.45. The van der Waals surface area contributed by atoms with Gasteiger partial charge in [0.05, 0.1) is 12.1 Å². The molecule has 0 saturated carbocycles. The zero-order valence-electron chi connectivity index (χ0n) is 12.5. The molecule has 2 rings (SSSR count). The van der Waals surface area contributed by atoms with Crippen molar-refractivity contribution in [1.82, 2.24) is 4.98 Å². The minimum atomic E-state index is -0.873. The lowest BCUT2D eigenvalue weighted by Gasteiger charge is -2.20. The molecule has 1 aromatic carbocycles. The number of aryl methyl sites for hydroxylation is 1. The standard InChI is InChI=1S/C16H17FN4O/c1-11-3-4-14(10-19-11)12-5-7-13(8-6-12)16(22-2)15(9-17)20-21-18/h3-8,10,15-16H,9H2,1-2H3/t15-,16-/m1/s1. The molecule has 0 aliphatic heterocycles. The Morgan fingerprint density at radius 2 is 1.91 bits per heavy atom. The average molecular weight is 300 g/mol. The van der Waals surface area contributed by atoms with Crippen molar-refractivity contribution in [2.45, 2.75) is 19.1 Å². The Morgan fingerprint density at radius 1 is 1.23 bits per heavy atom. The van der Waals surface area contributed by atoms with Crippen LogP contribution in [0.15, 0.2) is 47.7 Å². The normalized spacial score (nSPS) is 13.2. The lowest BCUT2D eigenvalue weighted by atomic mass is 9.99. The topological polar surface area (TPSA) is 70.9 Å². The lowest BCUT2D eigenvalue weighted by Crippen LogP contribution is -2.20. The molecule has 0 saturated heterocycles. The highest BCUT2D eigenvalue weighted by molar-refractivity contribution is 5.62. The van der Waals surface area contributed by atoms with Crippen LogP contribution in [-0.2, 0) is 4.74 Å². The molecule has 114 valence electrons. The number of benzene rings is 1. The summed E-state index contributed by atoms with van der Waals surface area (Å²) < 4.78 is 18.3. The van der Waals surface area contributed by atoms with Gasteiger partial charge in [0.15, 0.2) is 0 Å². The van der Waals surface area contributed by atoms with Crippen LogP contribution in [0.4, 0.5) is 4.39 Å². The van der Waals surface area contributed by atoms with Gasteiger partial charge in [-0.25, -0.2) is 0 Å². The fraction of sp³-hybridized carbons (Fsp3) is 0.312. The van der Waals surface area contributed by atoms with E-state index in [-0.39, 0.29) is 0 Å². The van der Waals surface area contributed by atoms with E-state index < -0.39 is 18.8 Å². The molecule has 2 atom stereocenters. The van der Waals surface area contributed by atoms with Gasteiger partial charge < -0.3 is 4.74 Å². The van der Waals surface area contributed by atoms with E-state index in [9.17, 15) is 4.39 Å². The Kier molecular flexibility index (Phi) is 5.47. The molecule has 0 aliphatic rings. The predicted octanol–water partition coefficient (Wildman–Crippen LogP) is 4.39. The summed E-state index contributed by atoms with van der Waals surface area (Å²) in [6, 6.07) is 10.6. The van der Waals surface area contributed by atoms with Gasteiger partial charge in [0.1, 0.15) is 6.67 Å². The summed E-state index contributed by atoms with van der Waals surface area (Å²) in [6.07, 6.45) is 1.20. The maximum Gasteiger partial charge on any atom is 0.101 e. The summed E-state index contributed by atoms with van der Waals surface area (Å²) in [4.78, 5) is 6.94. The molecule has 0 unspecified atom stereocenters. The fourth-order valence-corrected chi connectivity index (χ4v) is 2.26. The summed E-state index contributed by atoms with van der Waals surface area (Å²) in [5.74, 6) is 0. The van der Waals surface area contributed by atoms with Crippen LogP contribution < -0.4 is 0 Å². The summed E-state index contributed by atoms with van der Waals surface area (Å²) in [6.45, 7) is 1.16. The van der Waals surface area contributed by atoms with Crippen LogP contribution >= 0.6 is 0 Å². The smallest absolute Gasteiger partial charge is 0.101 e. The van der Waals surface area contributed by atoms with Crippen molar-refractivity contribution >= 4 is 0 Å². The number of azide groups is 1. The molecule has 1 aromatic heterocycles. The van der Waals surface area contributed by atoms with Gasteiger partial charge in [0.25, 0.3) is 0 Å². The van der Waals surface area contributed by atoms with Gasteiger partial charge in [-0.1, -0.05) is 35.4 Å². The van der Waals surface area contributed by atoms with E-state index in [0.29, 0.717) is 0 Å². The van der Waals surface area contributed by atoms with E-state index in [0.717, 1.165) is 22.4 Å². The van der Waals surface area contributed by atoms with Gasteiger partial charge in [0.2, 0.25) is 0 Å². The average Bonchev–Trinajstić information content (AvgIpc) is 2.56. The molecule has 0 amide bonds. The lowest BCUT2D eigenvalue weighted by molar-refractivity contribution is 0.0722. The van der Waals surface area contributed by atoms with Crippen LogP contribution in [0.5, 0.6) is 0 Å². The highest BCUT2D eigenvalue weighted by Gasteiger charge is 2.22. The molecule has 5 nitrogen and oxygen atoms in total. The monoisotopic (exact) mass is 300 g/mol. The van der Waals surface area contributed by atoms with Crippen molar-refractivity contribution in [2.75, 3.05) is 13.8 Å². The van der Waals surface area contributed by atoms with Crippen molar-refractivity contribution in [1.29, 1.82) is 0 Å². The fourth-order valence-electron chi connectivity index (χ4n) is 2.26. The van der Waals surface area contributed by atoms with Crippen molar-refractivity contribution in [3.63, 3.8) is 0 Å². The Bertz CT molecular complexity index is 651. The molecular formula is C16H17FN4O. The Hall–Kier alpha value is -2.43. The van der Waals surface area contributed by atoms with E-state index >= 15 is 0 Å². The molecule has 0 aliphatic carbocycles. The molecule has 6 heteroatoms. The van der Waals surface area contributed by atoms with Crippen LogP contribution in [0.2, 0.25) is 0 Å². The quantitative estimate of drug-likeness (QED) is 0.451. The number of methoxy groups -OCH3 is 1. The molecule has 0 N–H and O–H groups in total. The van der Waals surface area contributed by atoms with Gasteiger partial charge in [-0.3, -0.25) is 9.37 Å². The van der Waals surface area contributed by atoms with Gasteiger partial charge >= 0.3 is 0 Å². The van der Waals surface area contributed by atoms with Gasteiger partial charge in [-0.05, 0) is 29.6 Å². The first-order valence-corrected chi connectivity index (χ1v) is 6.85. The zero-order valence-corrected chi connectivity index (χ0v) is 12.5. The van der Waals surface area contributed by atoms with E-state index in [1.54, 1.807) is 0 Å². The molecule has 2 aromatic rings. The number of hydrogen-bond donors (Lipinski definition) is 0. The van der Waals surface area contributed by atoms with Gasteiger partial charge in [-0.15, -0.1) is 0 Å². The zero-order chi connectivity index (χ0) is 15.9. The second kappa shape index (κ2) is 7.54. The number of rotatable bonds is 6. The van der Waals surface area contributed by atoms with Crippen LogP contribution in [0.1, 0.15) is 17.4 Å². The second-order valence-corrected chi connectivity index (χ2v) is 4.89. The van der Waals surface area contributed by atoms with Crippen LogP contribution in [0.3, 0.4) is 0 Å². The minimum absolute atomic E-state index is 0.605. The Morgan fingerprint density at radius 3 is 2.41 bits per heavy atom. The number of aromatic nitrogens is 1. The number of hydrogen-bond acceptors (Lipinski definition) is 3. The second-order valence-electron chi connectivity index (χ2n) is 4.89. The summed E-state index contributed by atoms with van der Waals surface area (Å²) in [5, 5.41) is 3.45. The highest BCUT2D eigenvalue weighted by atomic mass is 19.1. The van der Waals surface area contributed by atoms with Gasteiger partial charge in [0, 0.05) is 29.5 Å². The largest absolute Gasteiger partial charge is 0.376 e. The van der Waals surface area contributed by atoms with Crippen molar-refractivity contribution in [3.05, 3.63) is 64.3 Å². The van der Waals surface area contributed by atoms with Crippen molar-refractivity contribution < 1.29 is 9.13 Å². The summed E-state index contributed by atoms with van der Waals surface area (Å²) in [5.41, 5.74) is 12.2. The summed E-state index contributed by atoms with van der Waals surface area (Å²) >= 11 is 0. The van der Waals surface area contributed by atoms with Gasteiger partial charge in [-0.2, -0.15) is 0 Å². The Labute approximate surface area is 128 Å². The molecule has 0 fully saturated rings. The number of pyridine rings is 1. The molecule has 0 bridgehead atoms. The SMILES string of the molecule is CO[C@H](c1ccc(-c2ccc(C)nc2)cc1)[C@@H](CF)N=[N+]=[N-]. The predicted molar refractivity (Wildman–Crippen MR) is 83.1 cm³/mol. The first kappa shape index (κ1) is 15.9. The Balaban J connectivity index is 2.26. The first-order valence-electron chi connectivity index (χ1n) is 6.85. The maximum atomic E-state index is 13.0. The maximum absolute atomic E-state index is 13.0. The van der Waals surface area contributed by atoms with E-state index in [1.165, 1.54) is 7.11 Å². The van der Waals surface area contributed by atoms with Crippen molar-refractivity contribution in [3.8, 4) is 11.1 Å². The summed E-state index contributed by atoms with van der Waals surface area (Å²) in [7, 11) is 1.47. The van der Waals surface area contributed by atoms with Crippen molar-refractivity contribution in [2.24, 2.45) is 5.11 Å². The number of halogens is 1. The molecule has 0 radical (unpaired) electrons. The van der Waals surface area contributed by atoms with Crippen LogP contribution in [0, 0.1) is 6.92 Å². The molecular weight excluding hydrogens is 283 g/mol. The van der Waals surface area contributed by atoms with Crippen LogP contribution in [-0.4, -0.2) is 24.8 Å². The molecule has 22 heavy (non-hydrogen) atoms. The number of alkyl halides is 1. The third-order valence-corrected chi connectivity index (χ3v) is 3.45. The van der Waals surface area contributed by atoms with E-state index in [4.69, 9.17) is 10.3 Å². The molecule has 0 spiro atoms. The number of nitrogens with zero attached hydrogens (tertiary/aromatic N) is 4. The van der Waals surface area contributed by atoms with Crippen LogP contribution in [0.25, 0.3) is 21.6 Å².